The van der Waals surface area contributed by atoms with Crippen LogP contribution in [0.4, 0.5) is 11.4 Å². The molecule has 0 atom stereocenters. The lowest BCUT2D eigenvalue weighted by Gasteiger charge is -2.26. The lowest BCUT2D eigenvalue weighted by molar-refractivity contribution is -0.119. The first-order valence-electron chi connectivity index (χ1n) is 9.62. The van der Waals surface area contributed by atoms with Crippen LogP contribution in [0, 0.1) is 11.8 Å². The quantitative estimate of drug-likeness (QED) is 0.720. The highest BCUT2D eigenvalue weighted by Gasteiger charge is 2.19. The van der Waals surface area contributed by atoms with Gasteiger partial charge < -0.3 is 10.2 Å². The predicted molar refractivity (Wildman–Crippen MR) is 115 cm³/mol. The third-order valence-electron chi connectivity index (χ3n) is 4.57. The Morgan fingerprint density at radius 3 is 2.40 bits per heavy atom. The summed E-state index contributed by atoms with van der Waals surface area (Å²) in [5, 5.41) is 2.58. The van der Waals surface area contributed by atoms with E-state index in [1.165, 1.54) is 31.2 Å². The molecule has 156 valence electrons. The molecule has 2 aromatic carbocycles. The van der Waals surface area contributed by atoms with E-state index in [0.29, 0.717) is 12.1 Å². The number of nitrogens with zero attached hydrogens (tertiary/aromatic N) is 1. The lowest BCUT2D eigenvalue weighted by atomic mass is 10.1. The van der Waals surface area contributed by atoms with Gasteiger partial charge in [-0.2, -0.15) is 4.72 Å². The molecule has 8 heteroatoms. The van der Waals surface area contributed by atoms with Crippen LogP contribution in [-0.2, 0) is 19.6 Å². The highest BCUT2D eigenvalue weighted by molar-refractivity contribution is 7.89. The fraction of sp³-hybridized carbons (Fsp3) is 0.273. The second-order valence-corrected chi connectivity index (χ2v) is 8.65. The van der Waals surface area contributed by atoms with Crippen molar-refractivity contribution in [2.45, 2.75) is 31.1 Å². The van der Waals surface area contributed by atoms with Crippen molar-refractivity contribution in [1.29, 1.82) is 0 Å². The van der Waals surface area contributed by atoms with Gasteiger partial charge in [-0.25, -0.2) is 8.42 Å². The van der Waals surface area contributed by atoms with Crippen LogP contribution in [0.5, 0.6) is 0 Å². The average molecular weight is 426 g/mol. The maximum Gasteiger partial charge on any atom is 0.241 e. The highest BCUT2D eigenvalue weighted by atomic mass is 32.2. The Morgan fingerprint density at radius 1 is 1.07 bits per heavy atom. The van der Waals surface area contributed by atoms with Gasteiger partial charge in [-0.1, -0.05) is 11.8 Å². The molecule has 2 amide bonds. The Balaban J connectivity index is 1.57. The van der Waals surface area contributed by atoms with Gasteiger partial charge in [0.15, 0.2) is 0 Å². The van der Waals surface area contributed by atoms with E-state index in [-0.39, 0.29) is 23.3 Å². The van der Waals surface area contributed by atoms with Crippen LogP contribution in [0.3, 0.4) is 0 Å². The Kier molecular flexibility index (Phi) is 6.87. The summed E-state index contributed by atoms with van der Waals surface area (Å²) in [4.78, 5) is 24.9. The van der Waals surface area contributed by atoms with E-state index in [4.69, 9.17) is 0 Å². The van der Waals surface area contributed by atoms with E-state index < -0.39 is 10.0 Å². The molecule has 0 unspecified atom stereocenters. The van der Waals surface area contributed by atoms with Crippen LogP contribution in [-0.4, -0.2) is 33.3 Å². The molecular formula is C22H23N3O4S. The number of hydrogen-bond acceptors (Lipinski definition) is 4. The van der Waals surface area contributed by atoms with Crippen LogP contribution in [0.2, 0.25) is 0 Å². The third kappa shape index (κ3) is 5.69. The summed E-state index contributed by atoms with van der Waals surface area (Å²) in [7, 11) is -3.70. The summed E-state index contributed by atoms with van der Waals surface area (Å²) in [5.41, 5.74) is 2.12. The molecule has 2 N–H and O–H groups in total. The van der Waals surface area contributed by atoms with Gasteiger partial charge in [-0.15, -0.1) is 0 Å². The van der Waals surface area contributed by atoms with Crippen LogP contribution >= 0.6 is 0 Å². The molecule has 0 aromatic heterocycles. The van der Waals surface area contributed by atoms with E-state index in [0.717, 1.165) is 30.6 Å². The fourth-order valence-corrected chi connectivity index (χ4v) is 4.01. The molecule has 30 heavy (non-hydrogen) atoms. The number of amides is 2. The van der Waals surface area contributed by atoms with Crippen molar-refractivity contribution >= 4 is 33.2 Å². The zero-order valence-corrected chi connectivity index (χ0v) is 17.5. The molecule has 1 saturated heterocycles. The number of rotatable bonds is 5. The van der Waals surface area contributed by atoms with Gasteiger partial charge in [0.1, 0.15) is 0 Å². The molecule has 1 aliphatic rings. The SMILES string of the molecule is CC(=O)Nc1ccc(S(=O)(=O)NCC#Cc2ccc(N3CCCCC3=O)cc2)cc1. The third-order valence-corrected chi connectivity index (χ3v) is 5.99. The molecule has 1 heterocycles. The van der Waals surface area contributed by atoms with Crippen molar-refractivity contribution in [3.63, 3.8) is 0 Å². The number of carbonyl (C=O) groups excluding carboxylic acids is 2. The minimum Gasteiger partial charge on any atom is -0.326 e. The largest absolute Gasteiger partial charge is 0.326 e. The van der Waals surface area contributed by atoms with Crippen molar-refractivity contribution < 1.29 is 18.0 Å². The monoisotopic (exact) mass is 425 g/mol. The van der Waals surface area contributed by atoms with Gasteiger partial charge in [0.2, 0.25) is 21.8 Å². The number of hydrogen-bond donors (Lipinski definition) is 2. The summed E-state index contributed by atoms with van der Waals surface area (Å²) in [5.74, 6) is 5.62. The standard InChI is InChI=1S/C22H23N3O4S/c1-17(26)24-19-9-13-21(14-10-19)30(28,29)23-15-4-5-18-7-11-20(12-8-18)25-16-3-2-6-22(25)27/h7-14,23H,2-3,6,15-16H2,1H3,(H,24,26). The van der Waals surface area contributed by atoms with Crippen molar-refractivity contribution in [2.24, 2.45) is 0 Å². The first-order chi connectivity index (χ1) is 14.3. The zero-order valence-electron chi connectivity index (χ0n) is 16.6. The highest BCUT2D eigenvalue weighted by Crippen LogP contribution is 2.21. The second kappa shape index (κ2) is 9.57. The normalized spacial score (nSPS) is 14.0. The first kappa shape index (κ1) is 21.6. The van der Waals surface area contributed by atoms with Gasteiger partial charge in [0.25, 0.3) is 0 Å². The summed E-state index contributed by atoms with van der Waals surface area (Å²) >= 11 is 0. The van der Waals surface area contributed by atoms with Crippen molar-refractivity contribution in [3.05, 3.63) is 54.1 Å². The second-order valence-electron chi connectivity index (χ2n) is 6.88. The summed E-state index contributed by atoms with van der Waals surface area (Å²) in [6, 6.07) is 13.2. The number of nitrogens with one attached hydrogen (secondary N) is 2. The molecule has 2 aromatic rings. The van der Waals surface area contributed by atoms with E-state index in [1.807, 2.05) is 24.3 Å². The van der Waals surface area contributed by atoms with E-state index in [2.05, 4.69) is 21.9 Å². The van der Waals surface area contributed by atoms with Gasteiger partial charge in [0.05, 0.1) is 11.4 Å². The van der Waals surface area contributed by atoms with Crippen LogP contribution in [0.1, 0.15) is 31.7 Å². The molecule has 0 aliphatic carbocycles. The van der Waals surface area contributed by atoms with Gasteiger partial charge in [-0.05, 0) is 61.4 Å². The minimum atomic E-state index is -3.70. The fourth-order valence-electron chi connectivity index (χ4n) is 3.08. The Bertz CT molecular complexity index is 1080. The van der Waals surface area contributed by atoms with Gasteiger partial charge >= 0.3 is 0 Å². The number of anilines is 2. The molecule has 1 fully saturated rings. The zero-order chi connectivity index (χ0) is 21.6. The van der Waals surface area contributed by atoms with Gasteiger partial charge in [0, 0.05) is 36.8 Å². The summed E-state index contributed by atoms with van der Waals surface area (Å²) < 4.78 is 27.1. The predicted octanol–water partition coefficient (Wildman–Crippen LogP) is 2.49. The Hall–Kier alpha value is -3.15. The van der Waals surface area contributed by atoms with E-state index >= 15 is 0 Å². The average Bonchev–Trinajstić information content (AvgIpc) is 2.72. The van der Waals surface area contributed by atoms with Crippen molar-refractivity contribution in [3.8, 4) is 11.8 Å². The van der Waals surface area contributed by atoms with Crippen LogP contribution in [0.25, 0.3) is 0 Å². The number of piperidine rings is 1. The molecule has 3 rings (SSSR count). The number of carbonyl (C=O) groups is 2. The maximum atomic E-state index is 12.3. The minimum absolute atomic E-state index is 0.0395. The lowest BCUT2D eigenvalue weighted by Crippen LogP contribution is -2.35. The van der Waals surface area contributed by atoms with Crippen LogP contribution in [0.15, 0.2) is 53.4 Å². The van der Waals surface area contributed by atoms with E-state index in [1.54, 1.807) is 4.90 Å². The van der Waals surface area contributed by atoms with Crippen LogP contribution < -0.4 is 14.9 Å². The Labute approximate surface area is 176 Å². The van der Waals surface area contributed by atoms with Crippen molar-refractivity contribution in [1.82, 2.24) is 4.72 Å². The maximum absolute atomic E-state index is 12.3. The number of benzene rings is 2. The summed E-state index contributed by atoms with van der Waals surface area (Å²) in [6.45, 7) is 2.07. The first-order valence-corrected chi connectivity index (χ1v) is 11.1. The summed E-state index contributed by atoms with van der Waals surface area (Å²) in [6.07, 6.45) is 2.52. The molecule has 7 nitrogen and oxygen atoms in total. The van der Waals surface area contributed by atoms with Gasteiger partial charge in [-0.3, -0.25) is 9.59 Å². The smallest absolute Gasteiger partial charge is 0.241 e. The molecule has 1 aliphatic heterocycles. The number of sulfonamides is 1. The Morgan fingerprint density at radius 2 is 1.77 bits per heavy atom. The topological polar surface area (TPSA) is 95.6 Å². The molecule has 0 spiro atoms. The van der Waals surface area contributed by atoms with Crippen molar-refractivity contribution in [2.75, 3.05) is 23.3 Å². The van der Waals surface area contributed by atoms with E-state index in [9.17, 15) is 18.0 Å². The molecular weight excluding hydrogens is 402 g/mol. The molecule has 0 bridgehead atoms. The molecule has 0 radical (unpaired) electrons. The molecule has 0 saturated carbocycles.